The topological polar surface area (TPSA) is 84.9 Å². The van der Waals surface area contributed by atoms with Gasteiger partial charge in [-0.25, -0.2) is 12.7 Å². The average molecular weight is 529 g/mol. The zero-order valence-electron chi connectivity index (χ0n) is 19.4. The Balaban J connectivity index is 1.53. The van der Waals surface area contributed by atoms with Gasteiger partial charge in [-0.3, -0.25) is 4.79 Å². The van der Waals surface area contributed by atoms with Crippen LogP contribution in [0.3, 0.4) is 0 Å². The predicted octanol–water partition coefficient (Wildman–Crippen LogP) is 4.65. The highest BCUT2D eigenvalue weighted by Gasteiger charge is 2.31. The molecule has 0 bridgehead atoms. The minimum atomic E-state index is -3.55. The Bertz CT molecular complexity index is 1100. The van der Waals surface area contributed by atoms with Crippen LogP contribution in [0.5, 0.6) is 11.5 Å². The summed E-state index contributed by atoms with van der Waals surface area (Å²) in [6.45, 7) is 5.82. The van der Waals surface area contributed by atoms with Gasteiger partial charge in [0.1, 0.15) is 0 Å². The van der Waals surface area contributed by atoms with Crippen molar-refractivity contribution in [3.05, 3.63) is 57.6 Å². The number of benzene rings is 2. The van der Waals surface area contributed by atoms with Crippen LogP contribution in [0.4, 0.5) is 0 Å². The first-order chi connectivity index (χ1) is 16.2. The monoisotopic (exact) mass is 528 g/mol. The van der Waals surface area contributed by atoms with Gasteiger partial charge >= 0.3 is 0 Å². The number of rotatable bonds is 10. The minimum absolute atomic E-state index is 0.0790. The highest BCUT2D eigenvalue weighted by Crippen LogP contribution is 2.29. The molecule has 0 aliphatic carbocycles. The van der Waals surface area contributed by atoms with Crippen molar-refractivity contribution in [3.63, 3.8) is 0 Å². The number of sulfonamides is 1. The molecule has 3 rings (SSSR count). The molecule has 1 saturated heterocycles. The maximum Gasteiger partial charge on any atom is 0.223 e. The van der Waals surface area contributed by atoms with Crippen molar-refractivity contribution in [1.29, 1.82) is 0 Å². The van der Waals surface area contributed by atoms with E-state index in [0.29, 0.717) is 72.8 Å². The molecule has 0 aromatic heterocycles. The Morgan fingerprint density at radius 1 is 1.03 bits per heavy atom. The molecule has 34 heavy (non-hydrogen) atoms. The molecule has 1 fully saturated rings. The molecule has 1 aliphatic rings. The molecule has 0 atom stereocenters. The highest BCUT2D eigenvalue weighted by atomic mass is 35.5. The van der Waals surface area contributed by atoms with Gasteiger partial charge in [-0.1, -0.05) is 35.3 Å². The number of carbonyl (C=O) groups is 1. The van der Waals surface area contributed by atoms with Crippen molar-refractivity contribution in [3.8, 4) is 11.5 Å². The van der Waals surface area contributed by atoms with Crippen molar-refractivity contribution < 1.29 is 22.7 Å². The van der Waals surface area contributed by atoms with E-state index in [1.54, 1.807) is 12.1 Å². The number of hydrogen-bond donors (Lipinski definition) is 1. The van der Waals surface area contributed by atoms with Gasteiger partial charge in [-0.2, -0.15) is 0 Å². The van der Waals surface area contributed by atoms with Crippen LogP contribution in [0.25, 0.3) is 0 Å². The quantitative estimate of drug-likeness (QED) is 0.485. The highest BCUT2D eigenvalue weighted by molar-refractivity contribution is 7.88. The van der Waals surface area contributed by atoms with Gasteiger partial charge in [0.2, 0.25) is 15.9 Å². The van der Waals surface area contributed by atoms with Gasteiger partial charge < -0.3 is 14.8 Å². The van der Waals surface area contributed by atoms with Gasteiger partial charge in [0.15, 0.2) is 11.5 Å². The first-order valence-electron chi connectivity index (χ1n) is 11.3. The number of halogens is 2. The third-order valence-electron chi connectivity index (χ3n) is 5.65. The molecule has 1 N–H and O–H groups in total. The number of nitrogens with one attached hydrogen (secondary N) is 1. The molecule has 1 heterocycles. The van der Waals surface area contributed by atoms with Crippen molar-refractivity contribution >= 4 is 39.1 Å². The lowest BCUT2D eigenvalue weighted by Crippen LogP contribution is -2.43. The maximum atomic E-state index is 12.9. The molecule has 2 aromatic carbocycles. The average Bonchev–Trinajstić information content (AvgIpc) is 2.81. The third-order valence-corrected chi connectivity index (χ3v) is 8.06. The van der Waals surface area contributed by atoms with E-state index >= 15 is 0 Å². The lowest BCUT2D eigenvalue weighted by molar-refractivity contribution is -0.126. The first-order valence-corrected chi connectivity index (χ1v) is 13.7. The van der Waals surface area contributed by atoms with Gasteiger partial charge in [0.05, 0.1) is 19.0 Å². The molecule has 186 valence electrons. The van der Waals surface area contributed by atoms with Crippen molar-refractivity contribution in [2.75, 3.05) is 26.3 Å². The van der Waals surface area contributed by atoms with Crippen LogP contribution in [0.2, 0.25) is 10.0 Å². The number of ether oxygens (including phenoxy) is 2. The van der Waals surface area contributed by atoms with Crippen molar-refractivity contribution in [2.45, 2.75) is 39.0 Å². The summed E-state index contributed by atoms with van der Waals surface area (Å²) < 4.78 is 38.3. The molecule has 2 aromatic rings. The van der Waals surface area contributed by atoms with E-state index < -0.39 is 10.0 Å². The lowest BCUT2D eigenvalue weighted by Gasteiger charge is -2.30. The second-order valence-corrected chi connectivity index (χ2v) is 10.8. The Kier molecular flexibility index (Phi) is 9.47. The standard InChI is InChI=1S/C24H30Cl2N2O5S/c1-3-32-22-8-5-17(13-23(22)33-4-2)15-27-24(29)18-9-11-28(12-10-18)34(30,31)16-19-6-7-20(25)14-21(19)26/h5-8,13-14,18H,3-4,9-12,15-16H2,1-2H3,(H,27,29). The van der Waals surface area contributed by atoms with Gasteiger partial charge in [-0.15, -0.1) is 0 Å². The summed E-state index contributed by atoms with van der Waals surface area (Å²) in [6.07, 6.45) is 0.930. The minimum Gasteiger partial charge on any atom is -0.490 e. The van der Waals surface area contributed by atoms with E-state index in [4.69, 9.17) is 32.7 Å². The fourth-order valence-electron chi connectivity index (χ4n) is 3.86. The van der Waals surface area contributed by atoms with Crippen LogP contribution in [0, 0.1) is 5.92 Å². The molecular weight excluding hydrogens is 499 g/mol. The van der Waals surface area contributed by atoms with E-state index in [9.17, 15) is 13.2 Å². The Morgan fingerprint density at radius 2 is 1.71 bits per heavy atom. The number of piperidine rings is 1. The van der Waals surface area contributed by atoms with Crippen molar-refractivity contribution in [1.82, 2.24) is 9.62 Å². The summed E-state index contributed by atoms with van der Waals surface area (Å²) in [5.74, 6) is 0.812. The molecule has 1 amide bonds. The number of carbonyl (C=O) groups excluding carboxylic acids is 1. The second-order valence-electron chi connectivity index (χ2n) is 8.03. The summed E-state index contributed by atoms with van der Waals surface area (Å²) in [5.41, 5.74) is 1.41. The molecule has 7 nitrogen and oxygen atoms in total. The van der Waals surface area contributed by atoms with E-state index in [1.807, 2.05) is 32.0 Å². The maximum absolute atomic E-state index is 12.9. The van der Waals surface area contributed by atoms with E-state index in [2.05, 4.69) is 5.32 Å². The Hall–Kier alpha value is -2.00. The van der Waals surface area contributed by atoms with E-state index in [-0.39, 0.29) is 17.6 Å². The Labute approximate surface area is 211 Å². The summed E-state index contributed by atoms with van der Waals surface area (Å²) in [7, 11) is -3.55. The van der Waals surface area contributed by atoms with Crippen LogP contribution in [0.1, 0.15) is 37.8 Å². The smallest absolute Gasteiger partial charge is 0.223 e. The number of nitrogens with zero attached hydrogens (tertiary/aromatic N) is 1. The molecule has 0 unspecified atom stereocenters. The van der Waals surface area contributed by atoms with Crippen LogP contribution < -0.4 is 14.8 Å². The zero-order chi connectivity index (χ0) is 24.7. The molecule has 0 spiro atoms. The summed E-state index contributed by atoms with van der Waals surface area (Å²) in [6, 6.07) is 10.4. The van der Waals surface area contributed by atoms with Crippen LogP contribution in [-0.4, -0.2) is 44.9 Å². The molecule has 1 aliphatic heterocycles. The SMILES string of the molecule is CCOc1ccc(CNC(=O)C2CCN(S(=O)(=O)Cc3ccc(Cl)cc3Cl)CC2)cc1OCC. The van der Waals surface area contributed by atoms with Crippen LogP contribution in [-0.2, 0) is 27.1 Å². The van der Waals surface area contributed by atoms with Crippen LogP contribution in [0.15, 0.2) is 36.4 Å². The summed E-state index contributed by atoms with van der Waals surface area (Å²) in [4.78, 5) is 12.7. The molecule has 0 saturated carbocycles. The molecular formula is C24H30Cl2N2O5S. The fraction of sp³-hybridized carbons (Fsp3) is 0.458. The Morgan fingerprint density at radius 3 is 2.35 bits per heavy atom. The van der Waals surface area contributed by atoms with E-state index in [0.717, 1.165) is 5.56 Å². The van der Waals surface area contributed by atoms with E-state index in [1.165, 1.54) is 10.4 Å². The first kappa shape index (κ1) is 26.6. The summed E-state index contributed by atoms with van der Waals surface area (Å²) in [5, 5.41) is 3.74. The third kappa shape index (κ3) is 7.01. The molecule has 0 radical (unpaired) electrons. The zero-order valence-corrected chi connectivity index (χ0v) is 21.7. The number of amides is 1. The van der Waals surface area contributed by atoms with Gasteiger partial charge in [0.25, 0.3) is 0 Å². The predicted molar refractivity (Wildman–Crippen MR) is 134 cm³/mol. The van der Waals surface area contributed by atoms with Crippen molar-refractivity contribution in [2.24, 2.45) is 5.92 Å². The van der Waals surface area contributed by atoms with Gasteiger partial charge in [-0.05, 0) is 62.1 Å². The lowest BCUT2D eigenvalue weighted by atomic mass is 9.97. The largest absolute Gasteiger partial charge is 0.490 e. The molecule has 10 heteroatoms. The normalized spacial score (nSPS) is 15.2. The summed E-state index contributed by atoms with van der Waals surface area (Å²) >= 11 is 12.0. The fourth-order valence-corrected chi connectivity index (χ4v) is 6.01. The van der Waals surface area contributed by atoms with Crippen LogP contribution >= 0.6 is 23.2 Å². The number of hydrogen-bond acceptors (Lipinski definition) is 5. The van der Waals surface area contributed by atoms with Gasteiger partial charge in [0, 0.05) is 35.6 Å². The second kappa shape index (κ2) is 12.1.